The Bertz CT molecular complexity index is 1270. The maximum Gasteiger partial charge on any atom is 0.333 e. The molecular formula is C26H33N5O5. The largest absolute Gasteiger partial charge is 0.354 e. The van der Waals surface area contributed by atoms with Crippen molar-refractivity contribution in [2.45, 2.75) is 52.6 Å². The number of amides is 3. The highest BCUT2D eigenvalue weighted by Gasteiger charge is 2.35. The van der Waals surface area contributed by atoms with Crippen molar-refractivity contribution in [1.82, 2.24) is 18.9 Å². The van der Waals surface area contributed by atoms with Gasteiger partial charge in [-0.1, -0.05) is 12.1 Å². The van der Waals surface area contributed by atoms with Crippen LogP contribution in [0.15, 0.2) is 39.9 Å². The van der Waals surface area contributed by atoms with Crippen LogP contribution in [0.5, 0.6) is 0 Å². The van der Waals surface area contributed by atoms with Crippen molar-refractivity contribution in [3.05, 3.63) is 62.3 Å². The molecule has 3 amide bonds. The Morgan fingerprint density at radius 2 is 1.39 bits per heavy atom. The molecule has 1 saturated heterocycles. The second-order valence-electron chi connectivity index (χ2n) is 9.83. The number of aromatic nitrogens is 2. The maximum absolute atomic E-state index is 13.0. The van der Waals surface area contributed by atoms with Crippen LogP contribution in [0.4, 0.5) is 5.82 Å². The zero-order valence-corrected chi connectivity index (χ0v) is 21.3. The van der Waals surface area contributed by atoms with Gasteiger partial charge in [0, 0.05) is 57.3 Å². The van der Waals surface area contributed by atoms with Gasteiger partial charge in [-0.25, -0.2) is 4.79 Å². The first-order valence-electron chi connectivity index (χ1n) is 12.5. The molecule has 0 unspecified atom stereocenters. The molecule has 2 aliphatic rings. The number of nitrogens with zero attached hydrogens (tertiary/aromatic N) is 5. The highest BCUT2D eigenvalue weighted by Crippen LogP contribution is 2.23. The first-order chi connectivity index (χ1) is 17.1. The quantitative estimate of drug-likeness (QED) is 0.544. The van der Waals surface area contributed by atoms with Crippen molar-refractivity contribution >= 4 is 23.5 Å². The monoisotopic (exact) mass is 495 g/mol. The summed E-state index contributed by atoms with van der Waals surface area (Å²) in [5.41, 5.74) is 0.166. The Morgan fingerprint density at radius 3 is 1.92 bits per heavy atom. The third kappa shape index (κ3) is 4.59. The van der Waals surface area contributed by atoms with Gasteiger partial charge in [-0.15, -0.1) is 0 Å². The molecule has 0 aliphatic carbocycles. The molecule has 192 valence electrons. The zero-order chi connectivity index (χ0) is 26.1. The van der Waals surface area contributed by atoms with E-state index in [1.54, 1.807) is 33.7 Å². The number of fused-ring (bicyclic) bond motifs is 1. The lowest BCUT2D eigenvalue weighted by Gasteiger charge is -2.37. The first kappa shape index (κ1) is 25.4. The van der Waals surface area contributed by atoms with Gasteiger partial charge in [0.1, 0.15) is 5.82 Å². The normalized spacial score (nSPS) is 15.9. The average Bonchev–Trinajstić information content (AvgIpc) is 3.08. The molecule has 0 radical (unpaired) electrons. The Morgan fingerprint density at radius 1 is 0.833 bits per heavy atom. The molecule has 0 N–H and O–H groups in total. The van der Waals surface area contributed by atoms with Crippen molar-refractivity contribution in [3.8, 4) is 0 Å². The third-order valence-corrected chi connectivity index (χ3v) is 6.79. The van der Waals surface area contributed by atoms with Crippen LogP contribution < -0.4 is 16.1 Å². The number of piperazine rings is 1. The summed E-state index contributed by atoms with van der Waals surface area (Å²) >= 11 is 0. The summed E-state index contributed by atoms with van der Waals surface area (Å²) in [5, 5.41) is 0. The van der Waals surface area contributed by atoms with E-state index in [2.05, 4.69) is 0 Å². The predicted octanol–water partition coefficient (Wildman–Crippen LogP) is 1.90. The van der Waals surface area contributed by atoms with Crippen LogP contribution in [0, 0.1) is 0 Å². The fraction of sp³-hybridized carbons (Fsp3) is 0.500. The topological polar surface area (TPSA) is 105 Å². The highest BCUT2D eigenvalue weighted by atomic mass is 16.2. The van der Waals surface area contributed by atoms with Gasteiger partial charge in [0.2, 0.25) is 5.91 Å². The molecule has 10 nitrogen and oxygen atoms in total. The van der Waals surface area contributed by atoms with Crippen LogP contribution in [-0.4, -0.2) is 69.4 Å². The van der Waals surface area contributed by atoms with Crippen LogP contribution in [0.3, 0.4) is 0 Å². The van der Waals surface area contributed by atoms with Crippen LogP contribution in [0.1, 0.15) is 73.3 Å². The van der Waals surface area contributed by atoms with Crippen molar-refractivity contribution in [2.75, 3.05) is 37.6 Å². The summed E-state index contributed by atoms with van der Waals surface area (Å²) in [6.45, 7) is 9.57. The highest BCUT2D eigenvalue weighted by molar-refractivity contribution is 6.21. The van der Waals surface area contributed by atoms with E-state index in [0.717, 1.165) is 0 Å². The van der Waals surface area contributed by atoms with Crippen LogP contribution >= 0.6 is 0 Å². The number of carbonyl (C=O) groups is 3. The SMILES string of the molecule is CC(C)n1c(N2CCN(C(=O)CCCN3C(=O)c4ccccc4C3=O)CC2)cc(=O)n(C(C)C)c1=O. The van der Waals surface area contributed by atoms with E-state index in [-0.39, 0.29) is 54.0 Å². The molecule has 10 heteroatoms. The van der Waals surface area contributed by atoms with E-state index < -0.39 is 0 Å². The minimum atomic E-state index is -0.325. The van der Waals surface area contributed by atoms with E-state index in [1.165, 1.54) is 15.5 Å². The summed E-state index contributed by atoms with van der Waals surface area (Å²) in [5.74, 6) is -0.0862. The lowest BCUT2D eigenvalue weighted by Crippen LogP contribution is -2.51. The molecule has 0 atom stereocenters. The zero-order valence-electron chi connectivity index (χ0n) is 21.3. The van der Waals surface area contributed by atoms with Crippen LogP contribution in [0.25, 0.3) is 0 Å². The van der Waals surface area contributed by atoms with Gasteiger partial charge in [-0.2, -0.15) is 0 Å². The molecule has 0 saturated carbocycles. The Kier molecular flexibility index (Phi) is 7.14. The molecule has 2 aliphatic heterocycles. The molecule has 1 aromatic carbocycles. The summed E-state index contributed by atoms with van der Waals surface area (Å²) in [4.78, 5) is 68.4. The lowest BCUT2D eigenvalue weighted by molar-refractivity contribution is -0.131. The molecule has 4 rings (SSSR count). The number of hydrogen-bond donors (Lipinski definition) is 0. The van der Waals surface area contributed by atoms with E-state index in [0.29, 0.717) is 49.5 Å². The Labute approximate surface area is 209 Å². The molecule has 2 aromatic rings. The van der Waals surface area contributed by atoms with Crippen molar-refractivity contribution in [3.63, 3.8) is 0 Å². The van der Waals surface area contributed by atoms with Gasteiger partial charge in [0.05, 0.1) is 11.1 Å². The second kappa shape index (κ2) is 10.1. The minimum absolute atomic E-state index is 0.0391. The predicted molar refractivity (Wildman–Crippen MR) is 136 cm³/mol. The van der Waals surface area contributed by atoms with E-state index in [4.69, 9.17) is 0 Å². The molecule has 0 bridgehead atoms. The fourth-order valence-corrected chi connectivity index (χ4v) is 4.94. The van der Waals surface area contributed by atoms with Crippen LogP contribution in [0.2, 0.25) is 0 Å². The summed E-state index contributed by atoms with van der Waals surface area (Å²) in [6.07, 6.45) is 0.624. The second-order valence-corrected chi connectivity index (χ2v) is 9.83. The van der Waals surface area contributed by atoms with E-state index in [9.17, 15) is 24.0 Å². The lowest BCUT2D eigenvalue weighted by atomic mass is 10.1. The molecule has 1 aromatic heterocycles. The fourth-order valence-electron chi connectivity index (χ4n) is 4.94. The number of imide groups is 1. The maximum atomic E-state index is 13.0. The van der Waals surface area contributed by atoms with E-state index in [1.807, 2.05) is 32.6 Å². The van der Waals surface area contributed by atoms with Crippen molar-refractivity contribution in [1.29, 1.82) is 0 Å². The van der Waals surface area contributed by atoms with Gasteiger partial charge in [-0.05, 0) is 46.2 Å². The number of anilines is 1. The van der Waals surface area contributed by atoms with Gasteiger partial charge in [-0.3, -0.25) is 33.2 Å². The molecule has 0 spiro atoms. The third-order valence-electron chi connectivity index (χ3n) is 6.79. The molecule has 36 heavy (non-hydrogen) atoms. The molecule has 1 fully saturated rings. The van der Waals surface area contributed by atoms with Gasteiger partial charge < -0.3 is 9.80 Å². The number of rotatable bonds is 7. The first-order valence-corrected chi connectivity index (χ1v) is 12.5. The summed E-state index contributed by atoms with van der Waals surface area (Å²) in [6, 6.07) is 7.90. The average molecular weight is 496 g/mol. The Balaban J connectivity index is 1.35. The van der Waals surface area contributed by atoms with Crippen molar-refractivity contribution < 1.29 is 14.4 Å². The minimum Gasteiger partial charge on any atom is -0.354 e. The van der Waals surface area contributed by atoms with Crippen LogP contribution in [-0.2, 0) is 4.79 Å². The number of carbonyl (C=O) groups excluding carboxylic acids is 3. The molecule has 3 heterocycles. The van der Waals surface area contributed by atoms with E-state index >= 15 is 0 Å². The standard InChI is InChI=1S/C26H33N5O5/c1-17(2)30-21(16-23(33)31(18(3)4)26(30)36)27-12-14-28(15-13-27)22(32)10-7-11-29-24(34)19-8-5-6-9-20(19)25(29)35/h5-6,8-9,16-18H,7,10-15H2,1-4H3. The van der Waals surface area contributed by atoms with Gasteiger partial charge in [0.25, 0.3) is 17.4 Å². The van der Waals surface area contributed by atoms with Gasteiger partial charge >= 0.3 is 5.69 Å². The summed E-state index contributed by atoms with van der Waals surface area (Å²) < 4.78 is 2.90. The molecular weight excluding hydrogens is 462 g/mol. The summed E-state index contributed by atoms with van der Waals surface area (Å²) in [7, 11) is 0. The number of benzene rings is 1. The Hall–Kier alpha value is -3.69. The number of hydrogen-bond acceptors (Lipinski definition) is 6. The smallest absolute Gasteiger partial charge is 0.333 e. The van der Waals surface area contributed by atoms with Crippen molar-refractivity contribution in [2.24, 2.45) is 0 Å². The van der Waals surface area contributed by atoms with Gasteiger partial charge in [0.15, 0.2) is 0 Å².